The first-order valence-electron chi connectivity index (χ1n) is 9.05. The first kappa shape index (κ1) is 15.0. The molecule has 25 heavy (non-hydrogen) atoms. The van der Waals surface area contributed by atoms with Gasteiger partial charge in [0.05, 0.1) is 6.04 Å². The minimum atomic E-state index is -0.338. The lowest BCUT2D eigenvalue weighted by molar-refractivity contribution is -0.147. The minimum absolute atomic E-state index is 0.230. The Labute approximate surface area is 147 Å². The van der Waals surface area contributed by atoms with Crippen molar-refractivity contribution in [3.05, 3.63) is 53.5 Å². The minimum Gasteiger partial charge on any atom is -0.466 e. The number of nitrogens with zero attached hydrogens (tertiary/aromatic N) is 3. The van der Waals surface area contributed by atoms with Crippen LogP contribution in [0.2, 0.25) is 0 Å². The molecule has 1 saturated heterocycles. The van der Waals surface area contributed by atoms with E-state index in [-0.39, 0.29) is 11.8 Å². The summed E-state index contributed by atoms with van der Waals surface area (Å²) in [6.45, 7) is 4.02. The highest BCUT2D eigenvalue weighted by molar-refractivity contribution is 5.99. The molecule has 1 aromatic heterocycles. The van der Waals surface area contributed by atoms with E-state index in [0.717, 1.165) is 55.3 Å². The van der Waals surface area contributed by atoms with Crippen LogP contribution >= 0.6 is 0 Å². The molecule has 0 saturated carbocycles. The lowest BCUT2D eigenvalue weighted by atomic mass is 9.91. The number of likely N-dealkylation sites (tertiary alicyclic amines) is 1. The third kappa shape index (κ3) is 2.29. The van der Waals surface area contributed by atoms with E-state index in [0.29, 0.717) is 0 Å². The van der Waals surface area contributed by atoms with Crippen LogP contribution in [0.4, 0.5) is 0 Å². The predicted molar refractivity (Wildman–Crippen MR) is 95.7 cm³/mol. The maximum absolute atomic E-state index is 6.57. The highest BCUT2D eigenvalue weighted by Gasteiger charge is 2.51. The second-order valence-corrected chi connectivity index (χ2v) is 7.41. The van der Waals surface area contributed by atoms with Crippen molar-refractivity contribution in [1.29, 1.82) is 0 Å². The third-order valence-corrected chi connectivity index (χ3v) is 5.70. The maximum atomic E-state index is 6.57. The predicted octanol–water partition coefficient (Wildman–Crippen LogP) is 3.55. The smallest absolute Gasteiger partial charge is 0.200 e. The molecule has 1 aromatic carbocycles. The van der Waals surface area contributed by atoms with Crippen molar-refractivity contribution in [2.45, 2.75) is 38.0 Å². The third-order valence-electron chi connectivity index (χ3n) is 5.70. The molecular weight excluding hydrogens is 314 g/mol. The number of ether oxygens (including phenoxy) is 1. The number of hydrogen-bond acceptors (Lipinski definition) is 5. The van der Waals surface area contributed by atoms with Gasteiger partial charge >= 0.3 is 0 Å². The molecule has 5 rings (SSSR count). The quantitative estimate of drug-likeness (QED) is 0.798. The Morgan fingerprint density at radius 1 is 1.12 bits per heavy atom. The number of hydrazone groups is 1. The van der Waals surface area contributed by atoms with Gasteiger partial charge in [-0.05, 0) is 32.2 Å². The van der Waals surface area contributed by atoms with Crippen LogP contribution in [0.15, 0.2) is 45.9 Å². The van der Waals surface area contributed by atoms with Crippen LogP contribution in [-0.2, 0) is 0 Å². The van der Waals surface area contributed by atoms with Crippen molar-refractivity contribution in [3.63, 3.8) is 0 Å². The van der Waals surface area contributed by atoms with Gasteiger partial charge in [-0.2, -0.15) is 5.10 Å². The van der Waals surface area contributed by atoms with Crippen molar-refractivity contribution in [2.24, 2.45) is 5.10 Å². The number of hydrogen-bond donors (Lipinski definition) is 0. The summed E-state index contributed by atoms with van der Waals surface area (Å²) < 4.78 is 12.4. The average molecular weight is 337 g/mol. The lowest BCUT2D eigenvalue weighted by Gasteiger charge is -2.50. The van der Waals surface area contributed by atoms with E-state index in [1.54, 1.807) is 0 Å². The van der Waals surface area contributed by atoms with Crippen LogP contribution < -0.4 is 4.74 Å². The Morgan fingerprint density at radius 3 is 2.68 bits per heavy atom. The van der Waals surface area contributed by atoms with Gasteiger partial charge in [0.15, 0.2) is 0 Å². The molecule has 2 aromatic rings. The molecule has 0 radical (unpaired) electrons. The summed E-state index contributed by atoms with van der Waals surface area (Å²) in [5.74, 6) is 2.82. The molecule has 0 N–H and O–H groups in total. The summed E-state index contributed by atoms with van der Waals surface area (Å²) in [5.41, 5.74) is 1.92. The van der Waals surface area contributed by atoms with E-state index in [1.165, 1.54) is 5.56 Å². The number of aryl methyl sites for hydroxylation is 1. The molecule has 3 aliphatic heterocycles. The van der Waals surface area contributed by atoms with E-state index in [4.69, 9.17) is 14.3 Å². The Bertz CT molecular complexity index is 833. The highest BCUT2D eigenvalue weighted by atomic mass is 16.5. The van der Waals surface area contributed by atoms with Gasteiger partial charge in [-0.1, -0.05) is 18.2 Å². The van der Waals surface area contributed by atoms with E-state index in [2.05, 4.69) is 41.2 Å². The van der Waals surface area contributed by atoms with E-state index >= 15 is 0 Å². The lowest BCUT2D eigenvalue weighted by Crippen LogP contribution is -2.58. The van der Waals surface area contributed by atoms with Gasteiger partial charge in [-0.3, -0.25) is 0 Å². The number of para-hydroxylation sites is 1. The van der Waals surface area contributed by atoms with Crippen LogP contribution in [-0.4, -0.2) is 41.5 Å². The standard InChI is InChI=1S/C20H23N3O2/c1-14-7-8-19(24-14)16-13-17-15-5-3-4-6-18(15)25-20(23(17)21-16)9-11-22(2)12-10-20/h3-8,17H,9-13H2,1-2H3. The number of furan rings is 1. The molecule has 1 atom stereocenters. The van der Waals surface area contributed by atoms with Crippen molar-refractivity contribution in [1.82, 2.24) is 9.91 Å². The summed E-state index contributed by atoms with van der Waals surface area (Å²) in [6, 6.07) is 12.7. The number of benzene rings is 1. The van der Waals surface area contributed by atoms with Gasteiger partial charge in [0.1, 0.15) is 23.0 Å². The zero-order valence-corrected chi connectivity index (χ0v) is 14.7. The Kier molecular flexibility index (Phi) is 3.22. The van der Waals surface area contributed by atoms with Gasteiger partial charge in [0.25, 0.3) is 0 Å². The fourth-order valence-electron chi connectivity index (χ4n) is 4.27. The first-order chi connectivity index (χ1) is 12.1. The van der Waals surface area contributed by atoms with Gasteiger partial charge < -0.3 is 14.1 Å². The summed E-state index contributed by atoms with van der Waals surface area (Å²) >= 11 is 0. The zero-order valence-electron chi connectivity index (χ0n) is 14.7. The molecular formula is C20H23N3O2. The SMILES string of the molecule is Cc1ccc(C2=NN3C(C2)c2ccccc2OC32CCN(C)CC2)o1. The highest BCUT2D eigenvalue weighted by Crippen LogP contribution is 2.49. The molecule has 1 spiro atoms. The number of fused-ring (bicyclic) bond motifs is 4. The van der Waals surface area contributed by atoms with Crippen molar-refractivity contribution >= 4 is 5.71 Å². The van der Waals surface area contributed by atoms with Crippen molar-refractivity contribution < 1.29 is 9.15 Å². The molecule has 3 aliphatic rings. The Hall–Kier alpha value is -2.27. The second-order valence-electron chi connectivity index (χ2n) is 7.41. The topological polar surface area (TPSA) is 41.2 Å². The molecule has 5 heteroatoms. The molecule has 1 unspecified atom stereocenters. The summed E-state index contributed by atoms with van der Waals surface area (Å²) in [7, 11) is 2.17. The van der Waals surface area contributed by atoms with Crippen LogP contribution in [0, 0.1) is 6.92 Å². The second kappa shape index (κ2) is 5.36. The van der Waals surface area contributed by atoms with Gasteiger partial charge in [0, 0.05) is 37.9 Å². The largest absolute Gasteiger partial charge is 0.466 e. The molecule has 5 nitrogen and oxygen atoms in total. The Balaban J connectivity index is 1.58. The summed E-state index contributed by atoms with van der Waals surface area (Å²) in [6.07, 6.45) is 2.79. The first-order valence-corrected chi connectivity index (χ1v) is 9.05. The van der Waals surface area contributed by atoms with Crippen LogP contribution in [0.1, 0.15) is 42.4 Å². The molecule has 0 bridgehead atoms. The molecule has 130 valence electrons. The van der Waals surface area contributed by atoms with Crippen LogP contribution in [0.3, 0.4) is 0 Å². The normalized spacial score (nSPS) is 24.6. The zero-order chi connectivity index (χ0) is 17.0. The summed E-state index contributed by atoms with van der Waals surface area (Å²) in [5, 5.41) is 7.24. The van der Waals surface area contributed by atoms with Crippen molar-refractivity contribution in [2.75, 3.05) is 20.1 Å². The molecule has 0 aliphatic carbocycles. The molecule has 0 amide bonds. The number of piperidine rings is 1. The fourth-order valence-corrected chi connectivity index (χ4v) is 4.27. The van der Waals surface area contributed by atoms with Gasteiger partial charge in [0.2, 0.25) is 5.72 Å². The van der Waals surface area contributed by atoms with E-state index in [9.17, 15) is 0 Å². The van der Waals surface area contributed by atoms with Gasteiger partial charge in [-0.15, -0.1) is 0 Å². The monoisotopic (exact) mass is 337 g/mol. The number of rotatable bonds is 1. The fraction of sp³-hybridized carbons (Fsp3) is 0.450. The van der Waals surface area contributed by atoms with E-state index < -0.39 is 0 Å². The maximum Gasteiger partial charge on any atom is 0.200 e. The summed E-state index contributed by atoms with van der Waals surface area (Å²) in [4.78, 5) is 2.36. The van der Waals surface area contributed by atoms with Crippen molar-refractivity contribution in [3.8, 4) is 5.75 Å². The van der Waals surface area contributed by atoms with Crippen LogP contribution in [0.5, 0.6) is 5.75 Å². The molecule has 1 fully saturated rings. The van der Waals surface area contributed by atoms with E-state index in [1.807, 2.05) is 19.1 Å². The average Bonchev–Trinajstić information content (AvgIpc) is 3.25. The molecule has 4 heterocycles. The van der Waals surface area contributed by atoms with Crippen LogP contribution in [0.25, 0.3) is 0 Å². The Morgan fingerprint density at radius 2 is 1.92 bits per heavy atom. The van der Waals surface area contributed by atoms with Gasteiger partial charge in [-0.25, -0.2) is 5.01 Å².